The predicted molar refractivity (Wildman–Crippen MR) is 129 cm³/mol. The third-order valence-electron chi connectivity index (χ3n) is 6.72. The molecule has 33 heavy (non-hydrogen) atoms. The number of benzene rings is 2. The molecule has 3 aliphatic rings. The van der Waals surface area contributed by atoms with Crippen LogP contribution in [0.15, 0.2) is 47.6 Å². The van der Waals surface area contributed by atoms with Crippen LogP contribution in [0.4, 0.5) is 11.4 Å². The van der Waals surface area contributed by atoms with Gasteiger partial charge in [-0.1, -0.05) is 30.3 Å². The largest absolute Gasteiger partial charge is 0.483 e. The molecule has 1 fully saturated rings. The Bertz CT molecular complexity index is 1090. The fourth-order valence-electron chi connectivity index (χ4n) is 4.50. The minimum absolute atomic E-state index is 0.102. The molecule has 1 amide bonds. The number of amidine groups is 1. The summed E-state index contributed by atoms with van der Waals surface area (Å²) in [5.41, 5.74) is 7.11. The van der Waals surface area contributed by atoms with Crippen LogP contribution in [0.5, 0.6) is 5.75 Å². The van der Waals surface area contributed by atoms with Gasteiger partial charge in [-0.25, -0.2) is 5.43 Å². The third kappa shape index (κ3) is 4.25. The molecule has 2 N–H and O–H groups in total. The monoisotopic (exact) mass is 450 g/mol. The maximum Gasteiger partial charge on any atom is 0.300 e. The zero-order chi connectivity index (χ0) is 23.8. The lowest BCUT2D eigenvalue weighted by molar-refractivity contribution is -0.134. The first-order chi connectivity index (χ1) is 15.7. The second-order valence-electron chi connectivity index (χ2n) is 8.97. The summed E-state index contributed by atoms with van der Waals surface area (Å²) in [6.07, 6.45) is 3.62. The molecule has 174 valence electrons. The topological polar surface area (TPSA) is 94.5 Å². The molecule has 2 aliphatic heterocycles. The van der Waals surface area contributed by atoms with E-state index in [9.17, 15) is 4.79 Å². The van der Waals surface area contributed by atoms with Crippen molar-refractivity contribution in [1.82, 2.24) is 5.43 Å². The van der Waals surface area contributed by atoms with Gasteiger partial charge in [-0.05, 0) is 50.8 Å². The Morgan fingerprint density at radius 3 is 2.55 bits per heavy atom. The SMILES string of the molecule is CC(=O)O.CC1C(=O)NN=C2COc3cc(-c4ccccc4)c(N(C)C4(C)CCC4)cc3N21. The van der Waals surface area contributed by atoms with Crippen LogP contribution in [0.2, 0.25) is 0 Å². The maximum absolute atomic E-state index is 12.3. The minimum Gasteiger partial charge on any atom is -0.483 e. The zero-order valence-corrected chi connectivity index (χ0v) is 19.5. The van der Waals surface area contributed by atoms with Crippen LogP contribution in [-0.4, -0.2) is 48.1 Å². The molecule has 0 saturated heterocycles. The number of hydrogen-bond acceptors (Lipinski definition) is 6. The van der Waals surface area contributed by atoms with E-state index in [4.69, 9.17) is 14.6 Å². The van der Waals surface area contributed by atoms with Crippen LogP contribution in [0.1, 0.15) is 40.0 Å². The molecule has 8 nitrogen and oxygen atoms in total. The molecule has 0 radical (unpaired) electrons. The number of hydrogen-bond donors (Lipinski definition) is 2. The van der Waals surface area contributed by atoms with Crippen LogP contribution in [0.25, 0.3) is 11.1 Å². The van der Waals surface area contributed by atoms with Gasteiger partial charge < -0.3 is 19.6 Å². The van der Waals surface area contributed by atoms with E-state index in [1.807, 2.05) is 17.9 Å². The summed E-state index contributed by atoms with van der Waals surface area (Å²) in [6, 6.07) is 14.4. The minimum atomic E-state index is -0.833. The summed E-state index contributed by atoms with van der Waals surface area (Å²) in [4.78, 5) is 25.7. The number of rotatable bonds is 3. The van der Waals surface area contributed by atoms with Gasteiger partial charge in [0.25, 0.3) is 11.9 Å². The van der Waals surface area contributed by atoms with E-state index in [0.717, 1.165) is 41.0 Å². The number of aliphatic carboxylic acids is 1. The van der Waals surface area contributed by atoms with Gasteiger partial charge in [-0.2, -0.15) is 5.10 Å². The van der Waals surface area contributed by atoms with E-state index >= 15 is 0 Å². The van der Waals surface area contributed by atoms with E-state index in [-0.39, 0.29) is 17.5 Å². The highest BCUT2D eigenvalue weighted by Gasteiger charge is 2.39. The molecular weight excluding hydrogens is 420 g/mol. The molecule has 5 rings (SSSR count). The number of anilines is 2. The molecule has 2 heterocycles. The van der Waals surface area contributed by atoms with Crippen LogP contribution in [0.3, 0.4) is 0 Å². The molecule has 1 saturated carbocycles. The number of carbonyl (C=O) groups excluding carboxylic acids is 1. The molecule has 2 aromatic carbocycles. The van der Waals surface area contributed by atoms with E-state index in [1.54, 1.807) is 0 Å². The molecule has 0 aromatic heterocycles. The van der Waals surface area contributed by atoms with E-state index in [1.165, 1.54) is 19.3 Å². The van der Waals surface area contributed by atoms with E-state index in [2.05, 4.69) is 65.8 Å². The quantitative estimate of drug-likeness (QED) is 0.738. The lowest BCUT2D eigenvalue weighted by atomic mass is 9.76. The first-order valence-corrected chi connectivity index (χ1v) is 11.2. The van der Waals surface area contributed by atoms with Gasteiger partial charge in [0.1, 0.15) is 18.4 Å². The Morgan fingerprint density at radius 1 is 1.27 bits per heavy atom. The van der Waals surface area contributed by atoms with Crippen molar-refractivity contribution in [2.24, 2.45) is 5.10 Å². The average molecular weight is 451 g/mol. The van der Waals surface area contributed by atoms with Gasteiger partial charge in [-0.15, -0.1) is 0 Å². The molecule has 1 atom stereocenters. The van der Waals surface area contributed by atoms with E-state index in [0.29, 0.717) is 6.61 Å². The normalized spacial score (nSPS) is 19.9. The average Bonchev–Trinajstić information content (AvgIpc) is 2.78. The Kier molecular flexibility index (Phi) is 6.01. The molecule has 1 unspecified atom stereocenters. The summed E-state index contributed by atoms with van der Waals surface area (Å²) >= 11 is 0. The first-order valence-electron chi connectivity index (χ1n) is 11.2. The van der Waals surface area contributed by atoms with Crippen molar-refractivity contribution in [1.29, 1.82) is 0 Å². The summed E-state index contributed by atoms with van der Waals surface area (Å²) in [5, 5.41) is 11.6. The maximum atomic E-state index is 12.3. The van der Waals surface area contributed by atoms with Crippen molar-refractivity contribution < 1.29 is 19.4 Å². The Hall–Kier alpha value is -3.55. The number of hydrazone groups is 1. The van der Waals surface area contributed by atoms with Crippen LogP contribution >= 0.6 is 0 Å². The van der Waals surface area contributed by atoms with Crippen molar-refractivity contribution in [3.63, 3.8) is 0 Å². The smallest absolute Gasteiger partial charge is 0.300 e. The lowest BCUT2D eigenvalue weighted by Gasteiger charge is -2.48. The number of nitrogens with zero attached hydrogens (tertiary/aromatic N) is 3. The first kappa shape index (κ1) is 22.6. The third-order valence-corrected chi connectivity index (χ3v) is 6.72. The predicted octanol–water partition coefficient (Wildman–Crippen LogP) is 3.85. The standard InChI is InChI=1S/C23H26N4O2.C2H4O2/c1-15-22(28)25-24-21-14-29-20-12-17(16-8-5-4-6-9-16)18(13-19(20)27(15)21)26(3)23(2)10-7-11-23;1-2(3)4/h4-6,8-9,12-13,15H,7,10-11,14H2,1-3H3,(H,25,28);1H3,(H,3,4). The Balaban J connectivity index is 0.000000601. The molecule has 2 aromatic rings. The van der Waals surface area contributed by atoms with Crippen molar-refractivity contribution >= 4 is 29.1 Å². The number of ether oxygens (including phenoxy) is 1. The van der Waals surface area contributed by atoms with Crippen LogP contribution in [-0.2, 0) is 9.59 Å². The number of nitrogens with one attached hydrogen (secondary N) is 1. The van der Waals surface area contributed by atoms with Crippen molar-refractivity contribution in [2.45, 2.75) is 51.6 Å². The second-order valence-corrected chi connectivity index (χ2v) is 8.97. The number of amides is 1. The number of fused-ring (bicyclic) bond motifs is 3. The lowest BCUT2D eigenvalue weighted by Crippen LogP contribution is -2.55. The van der Waals surface area contributed by atoms with Crippen molar-refractivity contribution in [3.05, 3.63) is 42.5 Å². The fourth-order valence-corrected chi connectivity index (χ4v) is 4.50. The van der Waals surface area contributed by atoms with E-state index < -0.39 is 5.97 Å². The molecular formula is C25H30N4O4. The highest BCUT2D eigenvalue weighted by Crippen LogP contribution is 2.47. The van der Waals surface area contributed by atoms with Crippen LogP contribution in [0, 0.1) is 0 Å². The fraction of sp³-hybridized carbons (Fsp3) is 0.400. The van der Waals surface area contributed by atoms with Gasteiger partial charge in [-0.3, -0.25) is 9.59 Å². The summed E-state index contributed by atoms with van der Waals surface area (Å²) in [7, 11) is 2.18. The van der Waals surface area contributed by atoms with Crippen molar-refractivity contribution in [2.75, 3.05) is 23.5 Å². The van der Waals surface area contributed by atoms with Gasteiger partial charge in [0.2, 0.25) is 0 Å². The van der Waals surface area contributed by atoms with Gasteiger partial charge >= 0.3 is 0 Å². The Morgan fingerprint density at radius 2 is 1.94 bits per heavy atom. The van der Waals surface area contributed by atoms with Gasteiger partial charge in [0.15, 0.2) is 5.84 Å². The summed E-state index contributed by atoms with van der Waals surface area (Å²) in [5.74, 6) is 0.593. The van der Waals surface area contributed by atoms with Crippen molar-refractivity contribution in [3.8, 4) is 16.9 Å². The van der Waals surface area contributed by atoms with Crippen LogP contribution < -0.4 is 20.0 Å². The molecule has 1 aliphatic carbocycles. The molecule has 0 bridgehead atoms. The number of carboxylic acids is 1. The second kappa shape index (κ2) is 8.77. The number of carbonyl (C=O) groups is 2. The highest BCUT2D eigenvalue weighted by molar-refractivity contribution is 6.10. The van der Waals surface area contributed by atoms with Gasteiger partial charge in [0.05, 0.1) is 5.69 Å². The Labute approximate surface area is 193 Å². The molecule has 0 spiro atoms. The number of carboxylic acid groups (broad SMARTS) is 1. The van der Waals surface area contributed by atoms with Gasteiger partial charge in [0, 0.05) is 30.8 Å². The summed E-state index contributed by atoms with van der Waals surface area (Å²) in [6.45, 7) is 5.66. The zero-order valence-electron chi connectivity index (χ0n) is 19.5. The highest BCUT2D eigenvalue weighted by atomic mass is 16.5. The summed E-state index contributed by atoms with van der Waals surface area (Å²) < 4.78 is 6.06. The molecule has 8 heteroatoms.